The van der Waals surface area contributed by atoms with Crippen LogP contribution in [-0.2, 0) is 4.74 Å². The first-order chi connectivity index (χ1) is 16.9. The molecule has 35 heavy (non-hydrogen) atoms. The summed E-state index contributed by atoms with van der Waals surface area (Å²) in [6, 6.07) is 6.66. The Balaban J connectivity index is 1.78. The highest BCUT2D eigenvalue weighted by Gasteiger charge is 2.12. The van der Waals surface area contributed by atoms with Gasteiger partial charge in [-0.1, -0.05) is 18.8 Å². The van der Waals surface area contributed by atoms with Crippen LogP contribution in [-0.4, -0.2) is 72.0 Å². The SMILES string of the molecule is CCNCC(O)CNC(=O)c1ccc(C#Cc2c(N)ncc3[nH]c(=O)c(OCCOC)nc23)cc1. The molecule has 1 atom stereocenters. The number of nitrogens with one attached hydrogen (secondary N) is 3. The number of amides is 1. The molecular weight excluding hydrogens is 452 g/mol. The Kier molecular flexibility index (Phi) is 9.14. The lowest BCUT2D eigenvalue weighted by atomic mass is 10.1. The third-order valence-electron chi connectivity index (χ3n) is 4.87. The van der Waals surface area contributed by atoms with Crippen LogP contribution in [0.1, 0.15) is 28.4 Å². The quantitative estimate of drug-likeness (QED) is 0.199. The van der Waals surface area contributed by atoms with Crippen molar-refractivity contribution in [2.75, 3.05) is 45.7 Å². The van der Waals surface area contributed by atoms with E-state index in [0.717, 1.165) is 6.54 Å². The van der Waals surface area contributed by atoms with Gasteiger partial charge in [0.15, 0.2) is 0 Å². The van der Waals surface area contributed by atoms with Gasteiger partial charge < -0.3 is 35.9 Å². The molecule has 1 unspecified atom stereocenters. The average molecular weight is 481 g/mol. The maximum Gasteiger partial charge on any atom is 0.311 e. The van der Waals surface area contributed by atoms with Crippen molar-refractivity contribution in [3.8, 4) is 17.7 Å². The third-order valence-corrected chi connectivity index (χ3v) is 4.87. The highest BCUT2D eigenvalue weighted by Crippen LogP contribution is 2.19. The molecule has 0 bridgehead atoms. The number of carbonyl (C=O) groups is 1. The summed E-state index contributed by atoms with van der Waals surface area (Å²) in [5, 5.41) is 15.5. The minimum atomic E-state index is -0.668. The smallest absolute Gasteiger partial charge is 0.311 e. The van der Waals surface area contributed by atoms with Crippen LogP contribution in [0, 0.1) is 11.8 Å². The van der Waals surface area contributed by atoms with Crippen LogP contribution in [0.3, 0.4) is 0 Å². The number of ether oxygens (including phenoxy) is 2. The number of aliphatic hydroxyl groups is 1. The van der Waals surface area contributed by atoms with Crippen molar-refractivity contribution >= 4 is 22.8 Å². The molecule has 3 aromatic rings. The van der Waals surface area contributed by atoms with Gasteiger partial charge in [-0.05, 0) is 30.8 Å². The molecule has 0 aliphatic rings. The molecule has 0 saturated carbocycles. The molecule has 1 aromatic carbocycles. The average Bonchev–Trinajstić information content (AvgIpc) is 2.86. The molecule has 2 heterocycles. The zero-order valence-electron chi connectivity index (χ0n) is 19.6. The summed E-state index contributed by atoms with van der Waals surface area (Å²) in [7, 11) is 1.52. The number of likely N-dealkylation sites (N-methyl/N-ethyl adjacent to an activating group) is 1. The Bertz CT molecular complexity index is 1280. The van der Waals surface area contributed by atoms with Crippen molar-refractivity contribution < 1.29 is 19.4 Å². The summed E-state index contributed by atoms with van der Waals surface area (Å²) in [4.78, 5) is 35.5. The van der Waals surface area contributed by atoms with Crippen molar-refractivity contribution in [3.05, 3.63) is 57.5 Å². The Morgan fingerprint density at radius 3 is 2.71 bits per heavy atom. The lowest BCUT2D eigenvalue weighted by Crippen LogP contribution is -2.38. The predicted octanol–water partition coefficient (Wildman–Crippen LogP) is 0.0255. The molecule has 0 fully saturated rings. The monoisotopic (exact) mass is 480 g/mol. The van der Waals surface area contributed by atoms with Gasteiger partial charge in [0.05, 0.1) is 30.0 Å². The maximum atomic E-state index is 12.3. The van der Waals surface area contributed by atoms with Gasteiger partial charge in [-0.2, -0.15) is 0 Å². The van der Waals surface area contributed by atoms with E-state index in [-0.39, 0.29) is 30.8 Å². The summed E-state index contributed by atoms with van der Waals surface area (Å²) >= 11 is 0. The van der Waals surface area contributed by atoms with E-state index in [2.05, 4.69) is 37.4 Å². The molecule has 3 rings (SSSR count). The highest BCUT2D eigenvalue weighted by molar-refractivity contribution is 5.94. The van der Waals surface area contributed by atoms with Crippen LogP contribution in [0.4, 0.5) is 5.82 Å². The number of anilines is 1. The zero-order valence-corrected chi connectivity index (χ0v) is 19.6. The minimum Gasteiger partial charge on any atom is -0.471 e. The number of pyridine rings is 1. The summed E-state index contributed by atoms with van der Waals surface area (Å²) in [5.74, 6) is 5.67. The molecule has 0 aliphatic heterocycles. The van der Waals surface area contributed by atoms with E-state index in [0.29, 0.717) is 40.9 Å². The molecule has 2 aromatic heterocycles. The van der Waals surface area contributed by atoms with E-state index in [1.54, 1.807) is 24.3 Å². The standard InChI is InChI=1S/C24H28N6O5/c1-3-26-12-17(31)13-28-22(32)16-7-4-15(5-8-16)6-9-18-20-19(14-27-21(18)25)29-23(33)24(30-20)35-11-10-34-2/h4-5,7-8,14,17,26,31H,3,10-13H2,1-2H3,(H2,25,27)(H,28,32)(H,29,33). The maximum absolute atomic E-state index is 12.3. The summed E-state index contributed by atoms with van der Waals surface area (Å²) in [5.41, 5.74) is 7.66. The van der Waals surface area contributed by atoms with Crippen molar-refractivity contribution in [3.63, 3.8) is 0 Å². The lowest BCUT2D eigenvalue weighted by Gasteiger charge is -2.12. The van der Waals surface area contributed by atoms with Gasteiger partial charge in [-0.15, -0.1) is 0 Å². The zero-order chi connectivity index (χ0) is 25.2. The Labute approximate surface area is 202 Å². The first-order valence-electron chi connectivity index (χ1n) is 11.0. The number of benzene rings is 1. The number of carbonyl (C=O) groups excluding carboxylic acids is 1. The fourth-order valence-electron chi connectivity index (χ4n) is 3.03. The second-order valence-corrected chi connectivity index (χ2v) is 7.49. The number of hydrogen-bond acceptors (Lipinski definition) is 9. The number of aliphatic hydroxyl groups excluding tert-OH is 1. The molecule has 11 heteroatoms. The minimum absolute atomic E-state index is 0.117. The van der Waals surface area contributed by atoms with Gasteiger partial charge in [0.25, 0.3) is 11.8 Å². The van der Waals surface area contributed by atoms with Crippen LogP contribution in [0.15, 0.2) is 35.3 Å². The Morgan fingerprint density at radius 1 is 1.23 bits per heavy atom. The summed E-state index contributed by atoms with van der Waals surface area (Å²) in [6.45, 7) is 3.69. The molecule has 184 valence electrons. The van der Waals surface area contributed by atoms with Gasteiger partial charge in [0.2, 0.25) is 0 Å². The van der Waals surface area contributed by atoms with Crippen molar-refractivity contribution in [2.24, 2.45) is 0 Å². The number of aromatic nitrogens is 3. The van der Waals surface area contributed by atoms with Crippen LogP contribution < -0.4 is 26.7 Å². The number of H-pyrrole nitrogens is 1. The molecule has 0 aliphatic carbocycles. The number of rotatable bonds is 10. The molecule has 11 nitrogen and oxygen atoms in total. The van der Waals surface area contributed by atoms with E-state index in [1.807, 2.05) is 6.92 Å². The Hall–Kier alpha value is -3.98. The van der Waals surface area contributed by atoms with Gasteiger partial charge in [-0.25, -0.2) is 9.97 Å². The number of nitrogens with two attached hydrogens (primary N) is 1. The van der Waals surface area contributed by atoms with E-state index < -0.39 is 11.7 Å². The number of hydrogen-bond donors (Lipinski definition) is 5. The molecule has 0 spiro atoms. The van der Waals surface area contributed by atoms with Crippen LogP contribution in [0.2, 0.25) is 0 Å². The van der Waals surface area contributed by atoms with Crippen LogP contribution >= 0.6 is 0 Å². The molecule has 1 amide bonds. The molecular formula is C24H28N6O5. The van der Waals surface area contributed by atoms with E-state index >= 15 is 0 Å². The first kappa shape index (κ1) is 25.6. The number of nitrogen functional groups attached to an aromatic ring is 1. The fourth-order valence-corrected chi connectivity index (χ4v) is 3.03. The normalized spacial score (nSPS) is 11.5. The molecule has 0 radical (unpaired) electrons. The topological polar surface area (TPSA) is 164 Å². The van der Waals surface area contributed by atoms with Crippen molar-refractivity contribution in [1.29, 1.82) is 0 Å². The number of methoxy groups -OCH3 is 1. The first-order valence-corrected chi connectivity index (χ1v) is 11.0. The highest BCUT2D eigenvalue weighted by atomic mass is 16.5. The van der Waals surface area contributed by atoms with E-state index in [9.17, 15) is 14.7 Å². The molecule has 6 N–H and O–H groups in total. The van der Waals surface area contributed by atoms with Crippen LogP contribution in [0.25, 0.3) is 11.0 Å². The summed E-state index contributed by atoms with van der Waals surface area (Å²) < 4.78 is 10.3. The predicted molar refractivity (Wildman–Crippen MR) is 131 cm³/mol. The van der Waals surface area contributed by atoms with Crippen molar-refractivity contribution in [2.45, 2.75) is 13.0 Å². The van der Waals surface area contributed by atoms with Crippen LogP contribution in [0.5, 0.6) is 5.88 Å². The van der Waals surface area contributed by atoms with E-state index in [4.69, 9.17) is 15.2 Å². The van der Waals surface area contributed by atoms with Gasteiger partial charge >= 0.3 is 5.56 Å². The number of nitrogens with zero attached hydrogens (tertiary/aromatic N) is 2. The molecule has 0 saturated heterocycles. The van der Waals surface area contributed by atoms with Gasteiger partial charge in [0, 0.05) is 31.3 Å². The largest absolute Gasteiger partial charge is 0.471 e. The van der Waals surface area contributed by atoms with E-state index in [1.165, 1.54) is 13.3 Å². The Morgan fingerprint density at radius 2 is 2.00 bits per heavy atom. The van der Waals surface area contributed by atoms with Gasteiger partial charge in [0.1, 0.15) is 17.9 Å². The second-order valence-electron chi connectivity index (χ2n) is 7.49. The van der Waals surface area contributed by atoms with Gasteiger partial charge in [-0.3, -0.25) is 9.59 Å². The lowest BCUT2D eigenvalue weighted by molar-refractivity contribution is 0.0916. The number of aromatic amines is 1. The third kappa shape index (κ3) is 7.00. The second kappa shape index (κ2) is 12.5. The fraction of sp³-hybridized carbons (Fsp3) is 0.333. The van der Waals surface area contributed by atoms with Crippen molar-refractivity contribution in [1.82, 2.24) is 25.6 Å². The summed E-state index contributed by atoms with van der Waals surface area (Å²) in [6.07, 6.45) is 0.740. The number of fused-ring (bicyclic) bond motifs is 1.